The molecule has 96 valence electrons. The Morgan fingerprint density at radius 1 is 1.39 bits per heavy atom. The number of aryl methyl sites for hydroxylation is 1. The number of esters is 1. The molecule has 6 heteroatoms. The molecule has 0 spiro atoms. The summed E-state index contributed by atoms with van der Waals surface area (Å²) < 4.78 is 5.01. The van der Waals surface area contributed by atoms with Crippen LogP contribution >= 0.6 is 0 Å². The predicted molar refractivity (Wildman–Crippen MR) is 62.8 cm³/mol. The second kappa shape index (κ2) is 5.12. The van der Waals surface area contributed by atoms with Crippen molar-refractivity contribution in [2.75, 3.05) is 0 Å². The van der Waals surface area contributed by atoms with Crippen molar-refractivity contribution >= 4 is 11.9 Å². The van der Waals surface area contributed by atoms with E-state index in [-0.39, 0.29) is 17.6 Å². The summed E-state index contributed by atoms with van der Waals surface area (Å²) in [7, 11) is 0. The average molecular weight is 249 g/mol. The minimum atomic E-state index is -0.818. The molecule has 1 atom stereocenters. The summed E-state index contributed by atoms with van der Waals surface area (Å²) in [5, 5.41) is 2.77. The molecule has 1 N–H and O–H groups in total. The zero-order valence-electron chi connectivity index (χ0n) is 10.3. The number of ether oxygens (including phenoxy) is 1. The maximum atomic E-state index is 11.7. The fourth-order valence-electron chi connectivity index (χ4n) is 1.32. The highest BCUT2D eigenvalue weighted by atomic mass is 16.5. The van der Waals surface area contributed by atoms with E-state index in [0.717, 1.165) is 12.8 Å². The molecular formula is C12H15N3O3. The first-order chi connectivity index (χ1) is 8.56. The predicted octanol–water partition coefficient (Wildman–Crippen LogP) is 0.609. The lowest BCUT2D eigenvalue weighted by Gasteiger charge is -2.12. The molecule has 1 aliphatic rings. The van der Waals surface area contributed by atoms with Crippen LogP contribution in [0.5, 0.6) is 0 Å². The van der Waals surface area contributed by atoms with Gasteiger partial charge in [-0.05, 0) is 26.7 Å². The van der Waals surface area contributed by atoms with Gasteiger partial charge in [0.15, 0.2) is 11.8 Å². The van der Waals surface area contributed by atoms with Crippen molar-refractivity contribution in [3.05, 3.63) is 23.8 Å². The van der Waals surface area contributed by atoms with Gasteiger partial charge >= 0.3 is 5.97 Å². The fourth-order valence-corrected chi connectivity index (χ4v) is 1.32. The SMILES string of the molecule is Cc1cnc(C(=O)O[C@H](C)C(=O)NC2CC2)cn1. The van der Waals surface area contributed by atoms with E-state index in [9.17, 15) is 9.59 Å². The quantitative estimate of drug-likeness (QED) is 0.791. The zero-order chi connectivity index (χ0) is 13.1. The number of carbonyl (C=O) groups excluding carboxylic acids is 2. The van der Waals surface area contributed by atoms with Crippen LogP contribution in [-0.4, -0.2) is 34.0 Å². The van der Waals surface area contributed by atoms with Gasteiger partial charge in [-0.1, -0.05) is 0 Å². The summed E-state index contributed by atoms with van der Waals surface area (Å²) >= 11 is 0. The van der Waals surface area contributed by atoms with E-state index in [0.29, 0.717) is 5.69 Å². The molecule has 0 unspecified atom stereocenters. The third-order valence-corrected chi connectivity index (χ3v) is 2.57. The van der Waals surface area contributed by atoms with Crippen LogP contribution in [0, 0.1) is 6.92 Å². The number of aromatic nitrogens is 2. The van der Waals surface area contributed by atoms with Gasteiger partial charge in [-0.25, -0.2) is 9.78 Å². The Morgan fingerprint density at radius 3 is 2.67 bits per heavy atom. The maximum Gasteiger partial charge on any atom is 0.359 e. The highest BCUT2D eigenvalue weighted by Crippen LogP contribution is 2.18. The number of hydrogen-bond donors (Lipinski definition) is 1. The van der Waals surface area contributed by atoms with E-state index < -0.39 is 12.1 Å². The second-order valence-corrected chi connectivity index (χ2v) is 4.37. The molecule has 1 aliphatic carbocycles. The lowest BCUT2D eigenvalue weighted by atomic mass is 10.3. The molecule has 0 bridgehead atoms. The van der Waals surface area contributed by atoms with Crippen molar-refractivity contribution < 1.29 is 14.3 Å². The van der Waals surface area contributed by atoms with Crippen molar-refractivity contribution in [2.24, 2.45) is 0 Å². The standard InChI is InChI=1S/C12H15N3O3/c1-7-5-14-10(6-13-7)12(17)18-8(2)11(16)15-9-3-4-9/h5-6,8-9H,3-4H2,1-2H3,(H,15,16)/t8-/m1/s1. The van der Waals surface area contributed by atoms with Crippen molar-refractivity contribution in [3.8, 4) is 0 Å². The molecule has 1 amide bonds. The van der Waals surface area contributed by atoms with Gasteiger partial charge in [0.2, 0.25) is 0 Å². The van der Waals surface area contributed by atoms with Crippen molar-refractivity contribution in [1.29, 1.82) is 0 Å². The largest absolute Gasteiger partial charge is 0.448 e. The Hall–Kier alpha value is -1.98. The van der Waals surface area contributed by atoms with E-state index in [1.807, 2.05) is 0 Å². The molecule has 1 aromatic heterocycles. The van der Waals surface area contributed by atoms with E-state index in [1.165, 1.54) is 19.3 Å². The highest BCUT2D eigenvalue weighted by Gasteiger charge is 2.27. The van der Waals surface area contributed by atoms with Gasteiger partial charge in [0.05, 0.1) is 11.9 Å². The Bertz CT molecular complexity index is 454. The number of hydrogen-bond acceptors (Lipinski definition) is 5. The molecule has 0 radical (unpaired) electrons. The van der Waals surface area contributed by atoms with Gasteiger partial charge in [-0.3, -0.25) is 9.78 Å². The smallest absolute Gasteiger partial charge is 0.359 e. The lowest BCUT2D eigenvalue weighted by Crippen LogP contribution is -2.37. The number of amides is 1. The molecule has 0 saturated heterocycles. The Morgan fingerprint density at radius 2 is 2.11 bits per heavy atom. The zero-order valence-corrected chi connectivity index (χ0v) is 10.3. The minimum absolute atomic E-state index is 0.103. The molecule has 1 saturated carbocycles. The average Bonchev–Trinajstić information content (AvgIpc) is 3.13. The summed E-state index contributed by atoms with van der Waals surface area (Å²) in [5.74, 6) is -0.910. The Labute approximate surface area is 105 Å². The summed E-state index contributed by atoms with van der Waals surface area (Å²) in [6.45, 7) is 3.31. The van der Waals surface area contributed by atoms with Gasteiger partial charge in [0.1, 0.15) is 0 Å². The monoisotopic (exact) mass is 249 g/mol. The molecule has 18 heavy (non-hydrogen) atoms. The minimum Gasteiger partial charge on any atom is -0.448 e. The van der Waals surface area contributed by atoms with Crippen LogP contribution in [0.4, 0.5) is 0 Å². The van der Waals surface area contributed by atoms with E-state index in [2.05, 4.69) is 15.3 Å². The maximum absolute atomic E-state index is 11.7. The van der Waals surface area contributed by atoms with Crippen LogP contribution in [0.15, 0.2) is 12.4 Å². The van der Waals surface area contributed by atoms with Crippen LogP contribution in [0.3, 0.4) is 0 Å². The van der Waals surface area contributed by atoms with Crippen LogP contribution in [-0.2, 0) is 9.53 Å². The second-order valence-electron chi connectivity index (χ2n) is 4.37. The molecule has 2 rings (SSSR count). The molecule has 0 aliphatic heterocycles. The van der Waals surface area contributed by atoms with E-state index in [1.54, 1.807) is 6.92 Å². The normalized spacial score (nSPS) is 15.9. The number of rotatable bonds is 4. The summed E-state index contributed by atoms with van der Waals surface area (Å²) in [6.07, 6.45) is 3.99. The molecular weight excluding hydrogens is 234 g/mol. The Kier molecular flexibility index (Phi) is 3.55. The number of nitrogens with one attached hydrogen (secondary N) is 1. The topological polar surface area (TPSA) is 81.2 Å². The van der Waals surface area contributed by atoms with E-state index in [4.69, 9.17) is 4.74 Å². The summed E-state index contributed by atoms with van der Waals surface area (Å²) in [4.78, 5) is 31.1. The van der Waals surface area contributed by atoms with Gasteiger partial charge < -0.3 is 10.1 Å². The van der Waals surface area contributed by atoms with Gasteiger partial charge in [0, 0.05) is 12.2 Å². The first-order valence-electron chi connectivity index (χ1n) is 5.86. The van der Waals surface area contributed by atoms with Gasteiger partial charge in [-0.15, -0.1) is 0 Å². The fraction of sp³-hybridized carbons (Fsp3) is 0.500. The third kappa shape index (κ3) is 3.26. The van der Waals surface area contributed by atoms with Gasteiger partial charge in [0.25, 0.3) is 5.91 Å². The number of nitrogens with zero attached hydrogens (tertiary/aromatic N) is 2. The molecule has 1 aromatic rings. The number of carbonyl (C=O) groups is 2. The molecule has 0 aromatic carbocycles. The van der Waals surface area contributed by atoms with Crippen LogP contribution < -0.4 is 5.32 Å². The highest BCUT2D eigenvalue weighted by molar-refractivity contribution is 5.90. The third-order valence-electron chi connectivity index (χ3n) is 2.57. The van der Waals surface area contributed by atoms with Crippen LogP contribution in [0.25, 0.3) is 0 Å². The molecule has 1 fully saturated rings. The van der Waals surface area contributed by atoms with E-state index >= 15 is 0 Å². The summed E-state index contributed by atoms with van der Waals surface area (Å²) in [5.41, 5.74) is 0.817. The van der Waals surface area contributed by atoms with Gasteiger partial charge in [-0.2, -0.15) is 0 Å². The first-order valence-corrected chi connectivity index (χ1v) is 5.86. The van der Waals surface area contributed by atoms with Crippen molar-refractivity contribution in [1.82, 2.24) is 15.3 Å². The van der Waals surface area contributed by atoms with Crippen molar-refractivity contribution in [3.63, 3.8) is 0 Å². The van der Waals surface area contributed by atoms with Crippen molar-refractivity contribution in [2.45, 2.75) is 38.8 Å². The Balaban J connectivity index is 1.89. The summed E-state index contributed by atoms with van der Waals surface area (Å²) in [6, 6.07) is 0.248. The van der Waals surface area contributed by atoms with Crippen LogP contribution in [0.1, 0.15) is 35.9 Å². The molecule has 1 heterocycles. The molecule has 6 nitrogen and oxygen atoms in total. The van der Waals surface area contributed by atoms with Crippen LogP contribution in [0.2, 0.25) is 0 Å². The first kappa shape index (κ1) is 12.5. The lowest BCUT2D eigenvalue weighted by molar-refractivity contribution is -0.129.